The van der Waals surface area contributed by atoms with E-state index in [1.54, 1.807) is 12.1 Å². The lowest BCUT2D eigenvalue weighted by Crippen LogP contribution is -2.21. The molecule has 0 amide bonds. The van der Waals surface area contributed by atoms with Gasteiger partial charge in [0.15, 0.2) is 0 Å². The van der Waals surface area contributed by atoms with Gasteiger partial charge in [-0.1, -0.05) is 0 Å². The standard InChI is InChI=1S/C12H20N2O3S/c1-4-17-5-6-18(15,16)14-12-8-10(3)9(2)7-11(12)13/h7-8,14H,4-6,13H2,1-3H3. The zero-order chi connectivity index (χ0) is 13.8. The number of benzene rings is 1. The number of hydrogen-bond acceptors (Lipinski definition) is 4. The fourth-order valence-electron chi connectivity index (χ4n) is 1.46. The zero-order valence-electron chi connectivity index (χ0n) is 11.0. The predicted octanol–water partition coefficient (Wildman–Crippen LogP) is 1.66. The van der Waals surface area contributed by atoms with Gasteiger partial charge in [0.05, 0.1) is 23.7 Å². The maximum atomic E-state index is 11.8. The van der Waals surface area contributed by atoms with Crippen molar-refractivity contribution in [1.29, 1.82) is 0 Å². The Morgan fingerprint density at radius 3 is 2.50 bits per heavy atom. The summed E-state index contributed by atoms with van der Waals surface area (Å²) in [6, 6.07) is 3.50. The van der Waals surface area contributed by atoms with E-state index < -0.39 is 10.0 Å². The molecule has 18 heavy (non-hydrogen) atoms. The van der Waals surface area contributed by atoms with Crippen LogP contribution in [0.4, 0.5) is 11.4 Å². The molecule has 0 fully saturated rings. The quantitative estimate of drug-likeness (QED) is 0.609. The lowest BCUT2D eigenvalue weighted by Gasteiger charge is -2.12. The molecule has 0 aliphatic rings. The minimum atomic E-state index is -3.41. The van der Waals surface area contributed by atoms with Crippen LogP contribution in [-0.4, -0.2) is 27.4 Å². The third-order valence-corrected chi connectivity index (χ3v) is 3.87. The Hall–Kier alpha value is -1.27. The van der Waals surface area contributed by atoms with Gasteiger partial charge in [-0.3, -0.25) is 4.72 Å². The van der Waals surface area contributed by atoms with Crippen molar-refractivity contribution >= 4 is 21.4 Å². The monoisotopic (exact) mass is 272 g/mol. The van der Waals surface area contributed by atoms with Crippen LogP contribution in [0.15, 0.2) is 12.1 Å². The first-order valence-electron chi connectivity index (χ1n) is 5.80. The molecule has 0 aromatic heterocycles. The third kappa shape index (κ3) is 4.19. The van der Waals surface area contributed by atoms with Gasteiger partial charge in [-0.05, 0) is 44.0 Å². The Labute approximate surface area is 108 Å². The van der Waals surface area contributed by atoms with Gasteiger partial charge in [0.2, 0.25) is 10.0 Å². The summed E-state index contributed by atoms with van der Waals surface area (Å²) in [6.45, 7) is 6.34. The van der Waals surface area contributed by atoms with Gasteiger partial charge in [-0.15, -0.1) is 0 Å². The van der Waals surface area contributed by atoms with Crippen LogP contribution >= 0.6 is 0 Å². The second-order valence-electron chi connectivity index (χ2n) is 4.14. The number of aryl methyl sites for hydroxylation is 2. The van der Waals surface area contributed by atoms with Gasteiger partial charge in [0, 0.05) is 6.61 Å². The summed E-state index contributed by atoms with van der Waals surface area (Å²) >= 11 is 0. The van der Waals surface area contributed by atoms with Crippen LogP contribution < -0.4 is 10.5 Å². The van der Waals surface area contributed by atoms with Crippen LogP contribution in [0.3, 0.4) is 0 Å². The minimum absolute atomic E-state index is 0.0762. The molecule has 6 heteroatoms. The van der Waals surface area contributed by atoms with Crippen LogP contribution in [0.1, 0.15) is 18.1 Å². The summed E-state index contributed by atoms with van der Waals surface area (Å²) in [4.78, 5) is 0. The second kappa shape index (κ2) is 6.06. The van der Waals surface area contributed by atoms with Gasteiger partial charge >= 0.3 is 0 Å². The van der Waals surface area contributed by atoms with Gasteiger partial charge in [-0.25, -0.2) is 8.42 Å². The van der Waals surface area contributed by atoms with E-state index in [2.05, 4.69) is 4.72 Å². The van der Waals surface area contributed by atoms with Gasteiger partial charge < -0.3 is 10.5 Å². The van der Waals surface area contributed by atoms with E-state index in [4.69, 9.17) is 10.5 Å². The summed E-state index contributed by atoms with van der Waals surface area (Å²) in [5.41, 5.74) is 8.67. The maximum Gasteiger partial charge on any atom is 0.235 e. The summed E-state index contributed by atoms with van der Waals surface area (Å²) < 4.78 is 31.1. The van der Waals surface area contributed by atoms with Crippen molar-refractivity contribution in [1.82, 2.24) is 0 Å². The van der Waals surface area contributed by atoms with Crippen LogP contribution in [0.5, 0.6) is 0 Å². The molecule has 0 saturated carbocycles. The molecule has 1 aromatic rings. The van der Waals surface area contributed by atoms with Gasteiger partial charge in [0.25, 0.3) is 0 Å². The molecular weight excluding hydrogens is 252 g/mol. The van der Waals surface area contributed by atoms with E-state index in [1.807, 2.05) is 20.8 Å². The third-order valence-electron chi connectivity index (χ3n) is 2.63. The molecule has 0 spiro atoms. The van der Waals surface area contributed by atoms with E-state index in [0.29, 0.717) is 18.0 Å². The Morgan fingerprint density at radius 2 is 1.89 bits per heavy atom. The highest BCUT2D eigenvalue weighted by Crippen LogP contribution is 2.23. The molecule has 0 saturated heterocycles. The first kappa shape index (κ1) is 14.8. The van der Waals surface area contributed by atoms with Crippen molar-refractivity contribution in [2.75, 3.05) is 29.4 Å². The highest BCUT2D eigenvalue weighted by atomic mass is 32.2. The van der Waals surface area contributed by atoms with Crippen LogP contribution in [0.25, 0.3) is 0 Å². The van der Waals surface area contributed by atoms with Crippen LogP contribution in [0.2, 0.25) is 0 Å². The lowest BCUT2D eigenvalue weighted by molar-refractivity contribution is 0.163. The molecule has 0 unspecified atom stereocenters. The zero-order valence-corrected chi connectivity index (χ0v) is 11.8. The van der Waals surface area contributed by atoms with Crippen LogP contribution in [-0.2, 0) is 14.8 Å². The normalized spacial score (nSPS) is 11.5. The molecule has 0 bridgehead atoms. The predicted molar refractivity (Wildman–Crippen MR) is 74.2 cm³/mol. The Balaban J connectivity index is 2.81. The van der Waals surface area contributed by atoms with Crippen molar-refractivity contribution in [3.8, 4) is 0 Å². The minimum Gasteiger partial charge on any atom is -0.397 e. The molecule has 102 valence electrons. The fraction of sp³-hybridized carbons (Fsp3) is 0.500. The van der Waals surface area contributed by atoms with Crippen molar-refractivity contribution in [2.24, 2.45) is 0 Å². The van der Waals surface area contributed by atoms with E-state index in [-0.39, 0.29) is 12.4 Å². The number of anilines is 2. The smallest absolute Gasteiger partial charge is 0.235 e. The van der Waals surface area contributed by atoms with E-state index in [0.717, 1.165) is 11.1 Å². The first-order valence-corrected chi connectivity index (χ1v) is 7.46. The molecule has 0 heterocycles. The van der Waals surface area contributed by atoms with Crippen molar-refractivity contribution in [3.63, 3.8) is 0 Å². The molecule has 3 N–H and O–H groups in total. The topological polar surface area (TPSA) is 81.4 Å². The average molecular weight is 272 g/mol. The SMILES string of the molecule is CCOCCS(=O)(=O)Nc1cc(C)c(C)cc1N. The summed E-state index contributed by atoms with van der Waals surface area (Å²) in [7, 11) is -3.41. The molecule has 0 radical (unpaired) electrons. The first-order chi connectivity index (χ1) is 8.35. The molecule has 1 rings (SSSR count). The van der Waals surface area contributed by atoms with E-state index in [1.165, 1.54) is 0 Å². The summed E-state index contributed by atoms with van der Waals surface area (Å²) in [6.07, 6.45) is 0. The number of nitrogen functional groups attached to an aromatic ring is 1. The number of hydrogen-bond donors (Lipinski definition) is 2. The number of nitrogens with two attached hydrogens (primary N) is 1. The van der Waals surface area contributed by atoms with E-state index >= 15 is 0 Å². The van der Waals surface area contributed by atoms with Gasteiger partial charge in [-0.2, -0.15) is 0 Å². The number of sulfonamides is 1. The maximum absolute atomic E-state index is 11.8. The number of nitrogens with one attached hydrogen (secondary N) is 1. The lowest BCUT2D eigenvalue weighted by atomic mass is 10.1. The second-order valence-corrected chi connectivity index (χ2v) is 5.98. The van der Waals surface area contributed by atoms with Crippen molar-refractivity contribution in [2.45, 2.75) is 20.8 Å². The van der Waals surface area contributed by atoms with Gasteiger partial charge in [0.1, 0.15) is 0 Å². The fourth-order valence-corrected chi connectivity index (χ4v) is 2.41. The Morgan fingerprint density at radius 1 is 1.28 bits per heavy atom. The summed E-state index contributed by atoms with van der Waals surface area (Å²) in [5, 5.41) is 0. The highest BCUT2D eigenvalue weighted by Gasteiger charge is 2.12. The van der Waals surface area contributed by atoms with Crippen LogP contribution in [0, 0.1) is 13.8 Å². The molecule has 0 atom stereocenters. The average Bonchev–Trinajstić information content (AvgIpc) is 2.26. The molecular formula is C12H20N2O3S. The molecule has 0 aliphatic carbocycles. The summed E-state index contributed by atoms with van der Waals surface area (Å²) in [5.74, 6) is -0.0762. The molecule has 0 aliphatic heterocycles. The molecule has 1 aromatic carbocycles. The highest BCUT2D eigenvalue weighted by molar-refractivity contribution is 7.92. The number of rotatable bonds is 6. The molecule has 5 nitrogen and oxygen atoms in total. The van der Waals surface area contributed by atoms with E-state index in [9.17, 15) is 8.42 Å². The largest absolute Gasteiger partial charge is 0.397 e. The van der Waals surface area contributed by atoms with Crippen molar-refractivity contribution < 1.29 is 13.2 Å². The number of ether oxygens (including phenoxy) is 1. The Bertz CT molecular complexity index is 512. The Kier molecular flexibility index (Phi) is 4.98. The van der Waals surface area contributed by atoms with Crippen molar-refractivity contribution in [3.05, 3.63) is 23.3 Å².